The van der Waals surface area contributed by atoms with Crippen LogP contribution in [0.5, 0.6) is 5.75 Å². The Morgan fingerprint density at radius 2 is 2.10 bits per heavy atom. The van der Waals surface area contributed by atoms with Gasteiger partial charge in [-0.3, -0.25) is 0 Å². The van der Waals surface area contributed by atoms with Crippen LogP contribution < -0.4 is 10.6 Å². The van der Waals surface area contributed by atoms with E-state index in [9.17, 15) is 5.11 Å². The number of phenols is 1. The number of rotatable bonds is 2. The average molecular weight is 284 g/mol. The summed E-state index contributed by atoms with van der Waals surface area (Å²) in [5.41, 5.74) is 8.24. The second kappa shape index (κ2) is 5.60. The monoisotopic (exact) mass is 284 g/mol. The molecule has 3 rings (SSSR count). The number of aromatic hydroxyl groups is 1. The number of nitrogens with zero attached hydrogens (tertiary/aromatic N) is 3. The van der Waals surface area contributed by atoms with Crippen LogP contribution in [-0.2, 0) is 0 Å². The molecule has 0 amide bonds. The van der Waals surface area contributed by atoms with Crippen LogP contribution >= 0.6 is 0 Å². The summed E-state index contributed by atoms with van der Waals surface area (Å²) in [6, 6.07) is 9.07. The summed E-state index contributed by atoms with van der Waals surface area (Å²) in [6.45, 7) is 4.22. The predicted octanol–water partition coefficient (Wildman–Crippen LogP) is 2.67. The molecule has 110 valence electrons. The van der Waals surface area contributed by atoms with E-state index in [2.05, 4.69) is 22.0 Å². The molecule has 21 heavy (non-hydrogen) atoms. The smallest absolute Gasteiger partial charge is 0.169 e. The lowest BCUT2D eigenvalue weighted by Gasteiger charge is -2.33. The van der Waals surface area contributed by atoms with Crippen LogP contribution in [0.2, 0.25) is 0 Å². The molecule has 3 N–H and O–H groups in total. The maximum absolute atomic E-state index is 9.96. The maximum atomic E-state index is 9.96. The summed E-state index contributed by atoms with van der Waals surface area (Å²) >= 11 is 0. The van der Waals surface area contributed by atoms with E-state index in [1.807, 2.05) is 18.2 Å². The molecule has 1 saturated heterocycles. The van der Waals surface area contributed by atoms with Gasteiger partial charge in [0.05, 0.1) is 11.4 Å². The normalized spacial score (nSPS) is 18.7. The Balaban J connectivity index is 1.98. The molecule has 5 heteroatoms. The van der Waals surface area contributed by atoms with Crippen LogP contribution in [0.1, 0.15) is 19.8 Å². The largest absolute Gasteiger partial charge is 0.507 e. The van der Waals surface area contributed by atoms with E-state index < -0.39 is 0 Å². The van der Waals surface area contributed by atoms with E-state index in [4.69, 9.17) is 5.73 Å². The molecule has 0 spiro atoms. The fourth-order valence-corrected chi connectivity index (χ4v) is 2.87. The van der Waals surface area contributed by atoms with Crippen LogP contribution in [0.3, 0.4) is 0 Å². The number of aromatic nitrogens is 2. The number of piperidine rings is 1. The standard InChI is InChI=1S/C16H20N4O/c1-11-5-4-8-20(10-11)14-9-13(18-19-16(14)17)12-6-2-3-7-15(12)21/h2-3,6-7,9,11,21H,4-5,8,10H2,1H3,(H2,17,19). The molecule has 0 bridgehead atoms. The molecular weight excluding hydrogens is 264 g/mol. The van der Waals surface area contributed by atoms with Gasteiger partial charge in [0.1, 0.15) is 5.75 Å². The highest BCUT2D eigenvalue weighted by molar-refractivity contribution is 5.74. The minimum Gasteiger partial charge on any atom is -0.507 e. The molecule has 5 nitrogen and oxygen atoms in total. The lowest BCUT2D eigenvalue weighted by molar-refractivity contribution is 0.447. The molecule has 1 aliphatic heterocycles. The molecule has 1 aromatic carbocycles. The van der Waals surface area contributed by atoms with Gasteiger partial charge in [0, 0.05) is 18.7 Å². The Morgan fingerprint density at radius 1 is 1.29 bits per heavy atom. The predicted molar refractivity (Wildman–Crippen MR) is 84.2 cm³/mol. The lowest BCUT2D eigenvalue weighted by Crippen LogP contribution is -2.35. The van der Waals surface area contributed by atoms with E-state index in [1.54, 1.807) is 12.1 Å². The molecular formula is C16H20N4O. The van der Waals surface area contributed by atoms with Crippen molar-refractivity contribution in [3.8, 4) is 17.0 Å². The molecule has 2 aromatic rings. The van der Waals surface area contributed by atoms with Gasteiger partial charge in [0.25, 0.3) is 0 Å². The van der Waals surface area contributed by atoms with Crippen LogP contribution in [0.25, 0.3) is 11.3 Å². The molecule has 0 saturated carbocycles. The Bertz CT molecular complexity index is 644. The minimum absolute atomic E-state index is 0.203. The molecule has 1 aromatic heterocycles. The Morgan fingerprint density at radius 3 is 2.86 bits per heavy atom. The third kappa shape index (κ3) is 2.77. The van der Waals surface area contributed by atoms with Crippen molar-refractivity contribution in [1.29, 1.82) is 0 Å². The van der Waals surface area contributed by atoms with Gasteiger partial charge in [-0.05, 0) is 37.0 Å². The van der Waals surface area contributed by atoms with Crippen molar-refractivity contribution in [1.82, 2.24) is 10.2 Å². The van der Waals surface area contributed by atoms with Crippen LogP contribution in [0.15, 0.2) is 30.3 Å². The number of phenolic OH excluding ortho intramolecular Hbond substituents is 1. The SMILES string of the molecule is CC1CCCN(c2cc(-c3ccccc3O)nnc2N)C1. The molecule has 1 aliphatic rings. The second-order valence-corrected chi connectivity index (χ2v) is 5.71. The van der Waals surface area contributed by atoms with E-state index in [0.717, 1.165) is 25.2 Å². The van der Waals surface area contributed by atoms with Crippen LogP contribution in [-0.4, -0.2) is 28.4 Å². The van der Waals surface area contributed by atoms with Gasteiger partial charge < -0.3 is 15.7 Å². The first-order valence-corrected chi connectivity index (χ1v) is 7.31. The van der Waals surface area contributed by atoms with Crippen molar-refractivity contribution in [2.75, 3.05) is 23.7 Å². The van der Waals surface area contributed by atoms with E-state index in [-0.39, 0.29) is 5.75 Å². The quantitative estimate of drug-likeness (QED) is 0.886. The van der Waals surface area contributed by atoms with E-state index >= 15 is 0 Å². The summed E-state index contributed by atoms with van der Waals surface area (Å²) < 4.78 is 0. The third-order valence-electron chi connectivity index (χ3n) is 3.98. The molecule has 1 unspecified atom stereocenters. The number of anilines is 2. The number of nitrogens with two attached hydrogens (primary N) is 1. The first-order valence-electron chi connectivity index (χ1n) is 7.31. The molecule has 1 fully saturated rings. The number of para-hydroxylation sites is 1. The highest BCUT2D eigenvalue weighted by Gasteiger charge is 2.20. The maximum Gasteiger partial charge on any atom is 0.169 e. The molecule has 0 aliphatic carbocycles. The van der Waals surface area contributed by atoms with Crippen molar-refractivity contribution in [3.05, 3.63) is 30.3 Å². The van der Waals surface area contributed by atoms with Gasteiger partial charge in [-0.15, -0.1) is 10.2 Å². The van der Waals surface area contributed by atoms with Crippen molar-refractivity contribution in [3.63, 3.8) is 0 Å². The topological polar surface area (TPSA) is 75.3 Å². The Hall–Kier alpha value is -2.30. The fourth-order valence-electron chi connectivity index (χ4n) is 2.87. The van der Waals surface area contributed by atoms with Gasteiger partial charge in [0.15, 0.2) is 5.82 Å². The summed E-state index contributed by atoms with van der Waals surface area (Å²) in [6.07, 6.45) is 2.41. The first-order chi connectivity index (χ1) is 10.1. The zero-order valence-corrected chi connectivity index (χ0v) is 12.2. The highest BCUT2D eigenvalue weighted by Crippen LogP contribution is 2.32. The van der Waals surface area contributed by atoms with Crippen molar-refractivity contribution in [2.45, 2.75) is 19.8 Å². The highest BCUT2D eigenvalue weighted by atomic mass is 16.3. The Kier molecular flexibility index (Phi) is 3.64. The summed E-state index contributed by atoms with van der Waals surface area (Å²) in [5, 5.41) is 18.2. The number of nitrogen functional groups attached to an aromatic ring is 1. The number of benzene rings is 1. The van der Waals surface area contributed by atoms with E-state index in [0.29, 0.717) is 23.0 Å². The van der Waals surface area contributed by atoms with Gasteiger partial charge in [-0.1, -0.05) is 19.1 Å². The van der Waals surface area contributed by atoms with Gasteiger partial charge in [0.2, 0.25) is 0 Å². The molecule has 2 heterocycles. The van der Waals surface area contributed by atoms with Gasteiger partial charge >= 0.3 is 0 Å². The minimum atomic E-state index is 0.203. The molecule has 1 atom stereocenters. The summed E-state index contributed by atoms with van der Waals surface area (Å²) in [7, 11) is 0. The Labute approximate surface area is 124 Å². The van der Waals surface area contributed by atoms with Crippen LogP contribution in [0, 0.1) is 5.92 Å². The van der Waals surface area contributed by atoms with Crippen molar-refractivity contribution < 1.29 is 5.11 Å². The summed E-state index contributed by atoms with van der Waals surface area (Å²) in [5.74, 6) is 1.30. The summed E-state index contributed by atoms with van der Waals surface area (Å²) in [4.78, 5) is 2.27. The van der Waals surface area contributed by atoms with Crippen molar-refractivity contribution >= 4 is 11.5 Å². The fraction of sp³-hybridized carbons (Fsp3) is 0.375. The third-order valence-corrected chi connectivity index (χ3v) is 3.98. The first kappa shape index (κ1) is 13.7. The number of hydrogen-bond acceptors (Lipinski definition) is 5. The van der Waals surface area contributed by atoms with Gasteiger partial charge in [-0.25, -0.2) is 0 Å². The zero-order chi connectivity index (χ0) is 14.8. The second-order valence-electron chi connectivity index (χ2n) is 5.71. The van der Waals surface area contributed by atoms with Crippen LogP contribution in [0.4, 0.5) is 11.5 Å². The number of hydrogen-bond donors (Lipinski definition) is 2. The lowest BCUT2D eigenvalue weighted by atomic mass is 9.99. The van der Waals surface area contributed by atoms with E-state index in [1.165, 1.54) is 6.42 Å². The zero-order valence-electron chi connectivity index (χ0n) is 12.2. The average Bonchev–Trinajstić information content (AvgIpc) is 2.48. The van der Waals surface area contributed by atoms with Crippen molar-refractivity contribution in [2.24, 2.45) is 5.92 Å². The molecule has 0 radical (unpaired) electrons. The van der Waals surface area contributed by atoms with Gasteiger partial charge in [-0.2, -0.15) is 0 Å².